The number of furan rings is 1. The Morgan fingerprint density at radius 2 is 1.82 bits per heavy atom. The summed E-state index contributed by atoms with van der Waals surface area (Å²) < 4.78 is 5.66. The van der Waals surface area contributed by atoms with E-state index in [1.165, 1.54) is 38.5 Å². The van der Waals surface area contributed by atoms with Gasteiger partial charge in [-0.25, -0.2) is 0 Å². The predicted octanol–water partition coefficient (Wildman–Crippen LogP) is 2.89. The molecule has 17 heavy (non-hydrogen) atoms. The van der Waals surface area contributed by atoms with Gasteiger partial charge in [-0.05, 0) is 32.0 Å². The molecule has 0 radical (unpaired) electrons. The van der Waals surface area contributed by atoms with Gasteiger partial charge in [-0.3, -0.25) is 4.90 Å². The van der Waals surface area contributed by atoms with E-state index in [1.807, 2.05) is 6.07 Å². The lowest BCUT2D eigenvalue weighted by atomic mass is 10.1. The first-order valence-electron chi connectivity index (χ1n) is 6.77. The van der Waals surface area contributed by atoms with Crippen LogP contribution >= 0.6 is 0 Å². The van der Waals surface area contributed by atoms with Crippen LogP contribution in [0.4, 0.5) is 0 Å². The van der Waals surface area contributed by atoms with E-state index in [-0.39, 0.29) is 0 Å². The van der Waals surface area contributed by atoms with Gasteiger partial charge in [0.1, 0.15) is 11.5 Å². The standard InChI is InChI=1S/C14H24N2O/c1-16(12-6-4-2-3-5-7-12)11-14-9-8-13(10-15)17-14/h8-9,12H,2-7,10-11,15H2,1H3. The SMILES string of the molecule is CN(Cc1ccc(CN)o1)C1CCCCCC1. The Hall–Kier alpha value is -0.800. The minimum Gasteiger partial charge on any atom is -0.463 e. The Bertz CT molecular complexity index is 327. The van der Waals surface area contributed by atoms with Crippen LogP contribution in [0, 0.1) is 0 Å². The van der Waals surface area contributed by atoms with Gasteiger partial charge in [-0.1, -0.05) is 25.7 Å². The van der Waals surface area contributed by atoms with Crippen molar-refractivity contribution in [2.75, 3.05) is 7.05 Å². The van der Waals surface area contributed by atoms with Gasteiger partial charge < -0.3 is 10.2 Å². The average Bonchev–Trinajstić information content (AvgIpc) is 2.62. The molecule has 2 N–H and O–H groups in total. The summed E-state index contributed by atoms with van der Waals surface area (Å²) in [5.41, 5.74) is 5.55. The molecule has 0 aliphatic heterocycles. The molecule has 1 fully saturated rings. The van der Waals surface area contributed by atoms with E-state index in [2.05, 4.69) is 18.0 Å². The Balaban J connectivity index is 1.88. The van der Waals surface area contributed by atoms with Crippen LogP contribution in [0.15, 0.2) is 16.5 Å². The van der Waals surface area contributed by atoms with Crippen molar-refractivity contribution in [3.05, 3.63) is 23.7 Å². The first-order chi connectivity index (χ1) is 8.29. The van der Waals surface area contributed by atoms with Gasteiger partial charge in [0.05, 0.1) is 13.1 Å². The number of nitrogens with two attached hydrogens (primary N) is 1. The lowest BCUT2D eigenvalue weighted by Crippen LogP contribution is -2.30. The second-order valence-electron chi connectivity index (χ2n) is 5.13. The summed E-state index contributed by atoms with van der Waals surface area (Å²) in [4.78, 5) is 2.43. The molecule has 0 amide bonds. The summed E-state index contributed by atoms with van der Waals surface area (Å²) in [7, 11) is 2.21. The van der Waals surface area contributed by atoms with Gasteiger partial charge in [0.25, 0.3) is 0 Å². The number of hydrogen-bond acceptors (Lipinski definition) is 3. The molecule has 1 aliphatic carbocycles. The first-order valence-corrected chi connectivity index (χ1v) is 6.77. The second-order valence-corrected chi connectivity index (χ2v) is 5.13. The van der Waals surface area contributed by atoms with Crippen LogP contribution in [0.3, 0.4) is 0 Å². The van der Waals surface area contributed by atoms with Crippen molar-refractivity contribution in [3.8, 4) is 0 Å². The molecule has 0 aromatic carbocycles. The van der Waals surface area contributed by atoms with Crippen molar-refractivity contribution in [2.24, 2.45) is 5.73 Å². The minimum atomic E-state index is 0.493. The summed E-state index contributed by atoms with van der Waals surface area (Å²) in [6.07, 6.45) is 8.23. The van der Waals surface area contributed by atoms with Crippen molar-refractivity contribution in [1.82, 2.24) is 4.90 Å². The largest absolute Gasteiger partial charge is 0.463 e. The quantitative estimate of drug-likeness (QED) is 0.817. The fourth-order valence-electron chi connectivity index (χ4n) is 2.69. The monoisotopic (exact) mass is 236 g/mol. The molecule has 1 heterocycles. The zero-order valence-corrected chi connectivity index (χ0v) is 10.8. The summed E-state index contributed by atoms with van der Waals surface area (Å²) >= 11 is 0. The molecule has 1 aliphatic rings. The van der Waals surface area contributed by atoms with Gasteiger partial charge in [0, 0.05) is 6.04 Å². The molecule has 0 unspecified atom stereocenters. The second kappa shape index (κ2) is 6.22. The molecule has 3 nitrogen and oxygen atoms in total. The van der Waals surface area contributed by atoms with E-state index >= 15 is 0 Å². The van der Waals surface area contributed by atoms with E-state index in [0.29, 0.717) is 6.54 Å². The normalized spacial score (nSPS) is 18.5. The van der Waals surface area contributed by atoms with Gasteiger partial charge in [-0.15, -0.1) is 0 Å². The fourth-order valence-corrected chi connectivity index (χ4v) is 2.69. The van der Waals surface area contributed by atoms with E-state index in [0.717, 1.165) is 24.1 Å². The van der Waals surface area contributed by atoms with Gasteiger partial charge in [-0.2, -0.15) is 0 Å². The maximum Gasteiger partial charge on any atom is 0.118 e. The van der Waals surface area contributed by atoms with Crippen molar-refractivity contribution in [1.29, 1.82) is 0 Å². The van der Waals surface area contributed by atoms with Crippen LogP contribution in [0.1, 0.15) is 50.0 Å². The van der Waals surface area contributed by atoms with Crippen LogP contribution in [0.2, 0.25) is 0 Å². The highest BCUT2D eigenvalue weighted by atomic mass is 16.3. The molecule has 0 spiro atoms. The van der Waals surface area contributed by atoms with Crippen LogP contribution in [0.5, 0.6) is 0 Å². The maximum atomic E-state index is 5.66. The molecule has 3 heteroatoms. The van der Waals surface area contributed by atoms with Crippen LogP contribution in [0.25, 0.3) is 0 Å². The third kappa shape index (κ3) is 3.58. The molecule has 2 rings (SSSR count). The molecule has 0 bridgehead atoms. The van der Waals surface area contributed by atoms with Crippen molar-refractivity contribution < 1.29 is 4.42 Å². The topological polar surface area (TPSA) is 42.4 Å². The summed E-state index contributed by atoms with van der Waals surface area (Å²) in [6.45, 7) is 1.40. The molecular weight excluding hydrogens is 212 g/mol. The Morgan fingerprint density at radius 3 is 2.41 bits per heavy atom. The maximum absolute atomic E-state index is 5.66. The molecule has 0 atom stereocenters. The number of nitrogens with zero attached hydrogens (tertiary/aromatic N) is 1. The summed E-state index contributed by atoms with van der Waals surface area (Å²) in [5, 5.41) is 0. The smallest absolute Gasteiger partial charge is 0.118 e. The van der Waals surface area contributed by atoms with Crippen molar-refractivity contribution in [3.63, 3.8) is 0 Å². The molecule has 96 valence electrons. The molecule has 1 aromatic heterocycles. The number of hydrogen-bond donors (Lipinski definition) is 1. The average molecular weight is 236 g/mol. The van der Waals surface area contributed by atoms with Crippen molar-refractivity contribution in [2.45, 2.75) is 57.7 Å². The van der Waals surface area contributed by atoms with Crippen LogP contribution in [-0.4, -0.2) is 18.0 Å². The molecular formula is C14H24N2O. The van der Waals surface area contributed by atoms with Gasteiger partial charge >= 0.3 is 0 Å². The zero-order valence-electron chi connectivity index (χ0n) is 10.8. The van der Waals surface area contributed by atoms with Gasteiger partial charge in [0.2, 0.25) is 0 Å². The highest BCUT2D eigenvalue weighted by Crippen LogP contribution is 2.22. The Morgan fingerprint density at radius 1 is 1.18 bits per heavy atom. The number of rotatable bonds is 4. The van der Waals surface area contributed by atoms with Crippen LogP contribution < -0.4 is 5.73 Å². The fraction of sp³-hybridized carbons (Fsp3) is 0.714. The zero-order chi connectivity index (χ0) is 12.1. The van der Waals surface area contributed by atoms with E-state index < -0.39 is 0 Å². The van der Waals surface area contributed by atoms with Gasteiger partial charge in [0.15, 0.2) is 0 Å². The van der Waals surface area contributed by atoms with Crippen LogP contribution in [-0.2, 0) is 13.1 Å². The molecule has 1 aromatic rings. The van der Waals surface area contributed by atoms with E-state index in [4.69, 9.17) is 10.2 Å². The third-order valence-electron chi connectivity index (χ3n) is 3.77. The van der Waals surface area contributed by atoms with E-state index in [9.17, 15) is 0 Å². The predicted molar refractivity (Wildman–Crippen MR) is 69.6 cm³/mol. The van der Waals surface area contributed by atoms with E-state index in [1.54, 1.807) is 0 Å². The lowest BCUT2D eigenvalue weighted by Gasteiger charge is -2.26. The third-order valence-corrected chi connectivity index (χ3v) is 3.77. The lowest BCUT2D eigenvalue weighted by molar-refractivity contribution is 0.197. The first kappa shape index (κ1) is 12.7. The highest BCUT2D eigenvalue weighted by Gasteiger charge is 2.17. The Kier molecular flexibility index (Phi) is 4.63. The summed E-state index contributed by atoms with van der Waals surface area (Å²) in [5.74, 6) is 1.92. The molecule has 1 saturated carbocycles. The highest BCUT2D eigenvalue weighted by molar-refractivity contribution is 5.06. The minimum absolute atomic E-state index is 0.493. The summed E-state index contributed by atoms with van der Waals surface area (Å²) in [6, 6.07) is 4.76. The van der Waals surface area contributed by atoms with Crippen molar-refractivity contribution >= 4 is 0 Å². The molecule has 0 saturated heterocycles. The Labute approximate surface area is 104 Å².